The number of esters is 1. The quantitative estimate of drug-likeness (QED) is 0.561. The Morgan fingerprint density at radius 2 is 2.00 bits per heavy atom. The van der Waals surface area contributed by atoms with E-state index in [0.717, 1.165) is 17.8 Å². The number of carbonyl (C=O) groups is 2. The third-order valence-corrected chi connectivity index (χ3v) is 5.92. The summed E-state index contributed by atoms with van der Waals surface area (Å²) in [5.74, 6) is -1.52. The molecule has 0 saturated heterocycles. The number of hydrogen-bond donors (Lipinski definition) is 2. The van der Waals surface area contributed by atoms with Crippen molar-refractivity contribution in [3.63, 3.8) is 0 Å². The maximum Gasteiger partial charge on any atom is 0.340 e. The van der Waals surface area contributed by atoms with Gasteiger partial charge in [0.15, 0.2) is 6.61 Å². The van der Waals surface area contributed by atoms with Crippen molar-refractivity contribution < 1.29 is 22.7 Å². The summed E-state index contributed by atoms with van der Waals surface area (Å²) in [5, 5.41) is 2.59. The lowest BCUT2D eigenvalue weighted by Gasteiger charge is -2.09. The van der Waals surface area contributed by atoms with Crippen molar-refractivity contribution in [1.29, 1.82) is 0 Å². The van der Waals surface area contributed by atoms with E-state index in [4.69, 9.17) is 16.3 Å². The van der Waals surface area contributed by atoms with Crippen molar-refractivity contribution in [3.8, 4) is 0 Å². The summed E-state index contributed by atoms with van der Waals surface area (Å²) in [5.41, 5.74) is 1.43. The molecule has 0 aliphatic carbocycles. The van der Waals surface area contributed by atoms with Crippen LogP contribution in [0.1, 0.15) is 10.4 Å². The van der Waals surface area contributed by atoms with Crippen LogP contribution in [0.4, 0.5) is 5.69 Å². The molecule has 3 aromatic rings. The molecule has 0 bridgehead atoms. The molecule has 2 N–H and O–H groups in total. The van der Waals surface area contributed by atoms with Crippen molar-refractivity contribution in [3.05, 3.63) is 47.0 Å². The zero-order chi connectivity index (χ0) is 20.3. The van der Waals surface area contributed by atoms with Crippen LogP contribution in [0.5, 0.6) is 0 Å². The smallest absolute Gasteiger partial charge is 0.340 e. The van der Waals surface area contributed by atoms with Crippen molar-refractivity contribution in [2.45, 2.75) is 4.90 Å². The number of sulfonamides is 1. The average molecular weight is 441 g/mol. The molecule has 0 unspecified atom stereocenters. The summed E-state index contributed by atoms with van der Waals surface area (Å²) < 4.78 is 39.0. The standard InChI is InChI=1S/C16H13ClN4O5S2/c1-18-28(24,25)9-5-6-11(17)10(7-9)16(23)26-8-14(22)19-12-3-2-4-13-15(12)21-27-20-13/h2-7,18H,8H2,1H3,(H,19,22). The number of ether oxygens (including phenoxy) is 1. The van der Waals surface area contributed by atoms with Gasteiger partial charge in [0, 0.05) is 0 Å². The fourth-order valence-corrected chi connectivity index (χ4v) is 3.75. The number of amides is 1. The van der Waals surface area contributed by atoms with Crippen LogP contribution in [0.2, 0.25) is 5.02 Å². The van der Waals surface area contributed by atoms with Crippen molar-refractivity contribution in [2.24, 2.45) is 0 Å². The fourth-order valence-electron chi connectivity index (χ4n) is 2.25. The Kier molecular flexibility index (Phi) is 5.89. The third-order valence-electron chi connectivity index (χ3n) is 3.63. The predicted molar refractivity (Wildman–Crippen MR) is 104 cm³/mol. The highest BCUT2D eigenvalue weighted by molar-refractivity contribution is 7.89. The highest BCUT2D eigenvalue weighted by Crippen LogP contribution is 2.22. The Morgan fingerprint density at radius 1 is 1.21 bits per heavy atom. The van der Waals surface area contributed by atoms with E-state index in [9.17, 15) is 18.0 Å². The van der Waals surface area contributed by atoms with Crippen molar-refractivity contribution in [1.82, 2.24) is 13.5 Å². The molecule has 9 nitrogen and oxygen atoms in total. The van der Waals surface area contributed by atoms with E-state index in [2.05, 4.69) is 18.8 Å². The molecule has 2 aromatic carbocycles. The number of hydrogen-bond acceptors (Lipinski definition) is 8. The van der Waals surface area contributed by atoms with Gasteiger partial charge in [0.05, 0.1) is 32.9 Å². The monoisotopic (exact) mass is 440 g/mol. The number of carbonyl (C=O) groups excluding carboxylic acids is 2. The van der Waals surface area contributed by atoms with Crippen LogP contribution in [0, 0.1) is 0 Å². The molecular weight excluding hydrogens is 428 g/mol. The second-order valence-corrected chi connectivity index (χ2v) is 8.23. The molecule has 1 heterocycles. The Labute approximate surface area is 169 Å². The van der Waals surface area contributed by atoms with Crippen LogP contribution in [0.15, 0.2) is 41.3 Å². The maximum atomic E-state index is 12.2. The van der Waals surface area contributed by atoms with E-state index in [0.29, 0.717) is 16.7 Å². The lowest BCUT2D eigenvalue weighted by molar-refractivity contribution is -0.119. The molecule has 146 valence electrons. The molecule has 1 aromatic heterocycles. The number of nitrogens with zero attached hydrogens (tertiary/aromatic N) is 2. The molecule has 12 heteroatoms. The predicted octanol–water partition coefficient (Wildman–Crippen LogP) is 2.05. The number of benzene rings is 2. The first-order valence-electron chi connectivity index (χ1n) is 7.73. The van der Waals surface area contributed by atoms with Gasteiger partial charge in [0.1, 0.15) is 11.0 Å². The third kappa shape index (κ3) is 4.28. The number of fused-ring (bicyclic) bond motifs is 1. The fraction of sp³-hybridized carbons (Fsp3) is 0.125. The van der Waals surface area contributed by atoms with E-state index in [-0.39, 0.29) is 15.5 Å². The maximum absolute atomic E-state index is 12.2. The van der Waals surface area contributed by atoms with Crippen LogP contribution >= 0.6 is 23.3 Å². The van der Waals surface area contributed by atoms with E-state index in [1.165, 1.54) is 19.2 Å². The van der Waals surface area contributed by atoms with Crippen molar-refractivity contribution in [2.75, 3.05) is 19.0 Å². The van der Waals surface area contributed by atoms with Gasteiger partial charge >= 0.3 is 5.97 Å². The van der Waals surface area contributed by atoms with Gasteiger partial charge in [-0.3, -0.25) is 4.79 Å². The number of halogens is 1. The summed E-state index contributed by atoms with van der Waals surface area (Å²) in [6, 6.07) is 8.70. The van der Waals surface area contributed by atoms with Crippen LogP contribution in [-0.4, -0.2) is 42.7 Å². The highest BCUT2D eigenvalue weighted by Gasteiger charge is 2.19. The van der Waals surface area contributed by atoms with Crippen LogP contribution in [-0.2, 0) is 19.6 Å². The molecule has 0 fully saturated rings. The lowest BCUT2D eigenvalue weighted by Crippen LogP contribution is -2.22. The normalized spacial score (nSPS) is 11.4. The molecule has 0 saturated carbocycles. The minimum atomic E-state index is -3.77. The summed E-state index contributed by atoms with van der Waals surface area (Å²) >= 11 is 6.96. The second kappa shape index (κ2) is 8.19. The van der Waals surface area contributed by atoms with Gasteiger partial charge in [0.25, 0.3) is 5.91 Å². The zero-order valence-corrected chi connectivity index (χ0v) is 16.7. The van der Waals surface area contributed by atoms with Crippen LogP contribution in [0.25, 0.3) is 11.0 Å². The van der Waals surface area contributed by atoms with Crippen LogP contribution < -0.4 is 10.0 Å². The number of anilines is 1. The van der Waals surface area contributed by atoms with E-state index < -0.39 is 28.5 Å². The molecule has 28 heavy (non-hydrogen) atoms. The van der Waals surface area contributed by atoms with Gasteiger partial charge in [-0.2, -0.15) is 8.75 Å². The van der Waals surface area contributed by atoms with Gasteiger partial charge in [0.2, 0.25) is 10.0 Å². The van der Waals surface area contributed by atoms with E-state index in [1.54, 1.807) is 18.2 Å². The van der Waals surface area contributed by atoms with Gasteiger partial charge in [-0.1, -0.05) is 17.7 Å². The molecule has 0 atom stereocenters. The topological polar surface area (TPSA) is 127 Å². The first-order valence-corrected chi connectivity index (χ1v) is 10.3. The van der Waals surface area contributed by atoms with Crippen LogP contribution in [0.3, 0.4) is 0 Å². The van der Waals surface area contributed by atoms with Gasteiger partial charge < -0.3 is 10.1 Å². The Morgan fingerprint density at radius 3 is 2.75 bits per heavy atom. The number of rotatable bonds is 6. The molecule has 0 radical (unpaired) electrons. The number of aromatic nitrogens is 2. The summed E-state index contributed by atoms with van der Waals surface area (Å²) in [4.78, 5) is 24.2. The Bertz CT molecular complexity index is 1160. The molecule has 0 spiro atoms. The summed E-state index contributed by atoms with van der Waals surface area (Å²) in [6.45, 7) is -0.591. The Hall–Kier alpha value is -2.60. The first kappa shape index (κ1) is 20.1. The molecular formula is C16H13ClN4O5S2. The summed E-state index contributed by atoms with van der Waals surface area (Å²) in [6.07, 6.45) is 0. The molecule has 0 aliphatic heterocycles. The van der Waals surface area contributed by atoms with Gasteiger partial charge in [-0.25, -0.2) is 17.9 Å². The minimum Gasteiger partial charge on any atom is -0.452 e. The molecule has 1 amide bonds. The summed E-state index contributed by atoms with van der Waals surface area (Å²) in [7, 11) is -2.53. The highest BCUT2D eigenvalue weighted by atomic mass is 35.5. The lowest BCUT2D eigenvalue weighted by atomic mass is 10.2. The van der Waals surface area contributed by atoms with Gasteiger partial charge in [-0.15, -0.1) is 0 Å². The minimum absolute atomic E-state index is 0.00113. The molecule has 0 aliphatic rings. The van der Waals surface area contributed by atoms with Crippen molar-refractivity contribution >= 4 is 61.9 Å². The average Bonchev–Trinajstić information content (AvgIpc) is 3.16. The zero-order valence-electron chi connectivity index (χ0n) is 14.3. The van der Waals surface area contributed by atoms with Gasteiger partial charge in [-0.05, 0) is 37.4 Å². The van der Waals surface area contributed by atoms with E-state index >= 15 is 0 Å². The molecule has 3 rings (SSSR count). The Balaban J connectivity index is 1.69. The second-order valence-electron chi connectivity index (χ2n) is 5.41. The first-order chi connectivity index (χ1) is 13.3. The SMILES string of the molecule is CNS(=O)(=O)c1ccc(Cl)c(C(=O)OCC(=O)Nc2cccc3nsnc23)c1. The number of nitrogens with one attached hydrogen (secondary N) is 2. The van der Waals surface area contributed by atoms with E-state index in [1.807, 2.05) is 0 Å². The largest absolute Gasteiger partial charge is 0.452 e.